The Kier molecular flexibility index (Phi) is 4.13. The highest BCUT2D eigenvalue weighted by molar-refractivity contribution is 6.80. The van der Waals surface area contributed by atoms with Gasteiger partial charge in [-0.25, -0.2) is 4.99 Å². The van der Waals surface area contributed by atoms with Crippen molar-refractivity contribution in [1.29, 1.82) is 5.26 Å². The summed E-state index contributed by atoms with van der Waals surface area (Å²) in [5, 5.41) is 9.27. The quantitative estimate of drug-likeness (QED) is 0.533. The lowest BCUT2D eigenvalue weighted by Crippen LogP contribution is -2.34. The molecule has 0 spiro atoms. The number of rotatable bonds is 1. The van der Waals surface area contributed by atoms with Crippen LogP contribution in [0.3, 0.4) is 0 Å². The van der Waals surface area contributed by atoms with Crippen LogP contribution in [0.2, 0.25) is 0 Å². The zero-order valence-electron chi connectivity index (χ0n) is 9.79. The maximum absolute atomic E-state index is 9.28. The summed E-state index contributed by atoms with van der Waals surface area (Å²) in [6.07, 6.45) is 0. The van der Waals surface area contributed by atoms with Gasteiger partial charge in [-0.15, -0.1) is 0 Å². The van der Waals surface area contributed by atoms with E-state index in [1.54, 1.807) is 0 Å². The van der Waals surface area contributed by atoms with Crippen molar-refractivity contribution in [2.75, 3.05) is 0 Å². The molecule has 1 heterocycles. The highest BCUT2D eigenvalue weighted by Gasteiger charge is 2.47. The Morgan fingerprint density at radius 1 is 1.26 bits per heavy atom. The van der Waals surface area contributed by atoms with Crippen LogP contribution < -0.4 is 0 Å². The summed E-state index contributed by atoms with van der Waals surface area (Å²) < 4.78 is -1.50. The summed E-state index contributed by atoms with van der Waals surface area (Å²) >= 11 is 24.5. The molecule has 6 heteroatoms. The number of halogens is 4. The summed E-state index contributed by atoms with van der Waals surface area (Å²) in [6.45, 7) is 1.90. The predicted molar refractivity (Wildman–Crippen MR) is 80.1 cm³/mol. The molecule has 19 heavy (non-hydrogen) atoms. The smallest absolute Gasteiger partial charge is 0.182 e. The fourth-order valence-electron chi connectivity index (χ4n) is 2.01. The minimum atomic E-state index is -1.50. The Bertz CT molecular complexity index is 626. The lowest BCUT2D eigenvalue weighted by Gasteiger charge is -2.32. The topological polar surface area (TPSA) is 36.1 Å². The summed E-state index contributed by atoms with van der Waals surface area (Å²) in [5.74, 6) is -0.639. The molecule has 1 aliphatic heterocycles. The molecule has 98 valence electrons. The number of nitrogens with zero attached hydrogens (tertiary/aromatic N) is 2. The molecule has 0 bridgehead atoms. The van der Waals surface area contributed by atoms with Crippen molar-refractivity contribution in [2.24, 2.45) is 4.99 Å². The van der Waals surface area contributed by atoms with Gasteiger partial charge in [0.25, 0.3) is 0 Å². The van der Waals surface area contributed by atoms with Gasteiger partial charge in [-0.1, -0.05) is 70.7 Å². The molecule has 0 N–H and O–H groups in total. The number of hydrogen-bond donors (Lipinski definition) is 0. The molecular weight excluding hydrogens is 326 g/mol. The SMILES string of the molecule is Cc1ccccc1C1C(C#N)=C(Cl)N=C(Cl)C1(Cl)Cl. The van der Waals surface area contributed by atoms with Gasteiger partial charge in [-0.2, -0.15) is 5.26 Å². The Labute approximate surface area is 131 Å². The van der Waals surface area contributed by atoms with E-state index >= 15 is 0 Å². The lowest BCUT2D eigenvalue weighted by atomic mass is 9.85. The van der Waals surface area contributed by atoms with Crippen molar-refractivity contribution >= 4 is 51.6 Å². The molecule has 0 saturated heterocycles. The monoisotopic (exact) mass is 332 g/mol. The summed E-state index contributed by atoms with van der Waals surface area (Å²) in [6, 6.07) is 9.50. The van der Waals surface area contributed by atoms with Gasteiger partial charge in [0, 0.05) is 0 Å². The van der Waals surface area contributed by atoms with Crippen molar-refractivity contribution in [2.45, 2.75) is 17.2 Å². The van der Waals surface area contributed by atoms with Crippen molar-refractivity contribution < 1.29 is 0 Å². The molecule has 0 amide bonds. The Morgan fingerprint density at radius 2 is 1.89 bits per heavy atom. The van der Waals surface area contributed by atoms with Gasteiger partial charge in [0.05, 0.1) is 17.6 Å². The molecule has 1 aliphatic rings. The van der Waals surface area contributed by atoms with Gasteiger partial charge >= 0.3 is 0 Å². The van der Waals surface area contributed by atoms with Crippen LogP contribution in [-0.2, 0) is 0 Å². The first-order chi connectivity index (χ1) is 8.89. The maximum atomic E-state index is 9.28. The van der Waals surface area contributed by atoms with E-state index in [2.05, 4.69) is 4.99 Å². The Hall–Kier alpha value is -0.720. The van der Waals surface area contributed by atoms with Crippen LogP contribution >= 0.6 is 46.4 Å². The van der Waals surface area contributed by atoms with E-state index in [0.29, 0.717) is 0 Å². The molecule has 2 rings (SSSR count). The Morgan fingerprint density at radius 3 is 2.47 bits per heavy atom. The number of alkyl halides is 2. The van der Waals surface area contributed by atoms with Crippen LogP contribution in [0.5, 0.6) is 0 Å². The third-order valence-electron chi connectivity index (χ3n) is 2.96. The molecule has 1 aromatic carbocycles. The highest BCUT2D eigenvalue weighted by Crippen LogP contribution is 2.49. The van der Waals surface area contributed by atoms with Gasteiger partial charge in [0.1, 0.15) is 10.3 Å². The second-order valence-electron chi connectivity index (χ2n) is 4.13. The molecular formula is C13H8Cl4N2. The normalized spacial score (nSPS) is 21.9. The van der Waals surface area contributed by atoms with Crippen LogP contribution in [-0.4, -0.2) is 9.50 Å². The first-order valence-electron chi connectivity index (χ1n) is 5.37. The van der Waals surface area contributed by atoms with Crippen molar-refractivity contribution in [3.05, 3.63) is 46.1 Å². The van der Waals surface area contributed by atoms with Crippen LogP contribution in [0, 0.1) is 18.3 Å². The molecule has 0 radical (unpaired) electrons. The Balaban J connectivity index is 2.70. The van der Waals surface area contributed by atoms with Gasteiger partial charge in [-0.05, 0) is 18.1 Å². The fourth-order valence-corrected chi connectivity index (χ4v) is 3.02. The van der Waals surface area contributed by atoms with E-state index in [9.17, 15) is 5.26 Å². The number of allylic oxidation sites excluding steroid dienone is 1. The zero-order valence-corrected chi connectivity index (χ0v) is 12.8. The van der Waals surface area contributed by atoms with E-state index in [4.69, 9.17) is 46.4 Å². The van der Waals surface area contributed by atoms with Crippen molar-refractivity contribution in [1.82, 2.24) is 0 Å². The van der Waals surface area contributed by atoms with E-state index in [1.165, 1.54) is 0 Å². The van der Waals surface area contributed by atoms with E-state index < -0.39 is 10.3 Å². The summed E-state index contributed by atoms with van der Waals surface area (Å²) in [5.41, 5.74) is 1.96. The lowest BCUT2D eigenvalue weighted by molar-refractivity contribution is 0.793. The zero-order chi connectivity index (χ0) is 14.2. The number of aliphatic imine (C=N–C) groups is 1. The minimum absolute atomic E-state index is 0.0256. The average Bonchev–Trinajstić information content (AvgIpc) is 2.35. The largest absolute Gasteiger partial charge is 0.225 e. The first kappa shape index (κ1) is 14.7. The van der Waals surface area contributed by atoms with Crippen molar-refractivity contribution in [3.8, 4) is 6.07 Å². The van der Waals surface area contributed by atoms with Gasteiger partial charge in [-0.3, -0.25) is 0 Å². The molecule has 0 aromatic heterocycles. The van der Waals surface area contributed by atoms with Crippen LogP contribution in [0.1, 0.15) is 17.0 Å². The van der Waals surface area contributed by atoms with E-state index in [0.717, 1.165) is 11.1 Å². The molecule has 0 aliphatic carbocycles. The summed E-state index contributed by atoms with van der Waals surface area (Å²) in [7, 11) is 0. The van der Waals surface area contributed by atoms with Crippen LogP contribution in [0.4, 0.5) is 0 Å². The van der Waals surface area contributed by atoms with Crippen LogP contribution in [0.15, 0.2) is 40.0 Å². The van der Waals surface area contributed by atoms with Gasteiger partial charge in [0.2, 0.25) is 0 Å². The number of aryl methyl sites for hydroxylation is 1. The third kappa shape index (κ3) is 2.49. The minimum Gasteiger partial charge on any atom is -0.225 e. The third-order valence-corrected chi connectivity index (χ3v) is 4.62. The summed E-state index contributed by atoms with van der Waals surface area (Å²) in [4.78, 5) is 3.83. The first-order valence-corrected chi connectivity index (χ1v) is 6.88. The maximum Gasteiger partial charge on any atom is 0.182 e. The number of benzene rings is 1. The van der Waals surface area contributed by atoms with Crippen molar-refractivity contribution in [3.63, 3.8) is 0 Å². The molecule has 1 atom stereocenters. The second kappa shape index (κ2) is 5.34. The average molecular weight is 334 g/mol. The molecule has 0 fully saturated rings. The second-order valence-corrected chi connectivity index (χ2v) is 6.23. The molecule has 1 unspecified atom stereocenters. The van der Waals surface area contributed by atoms with E-state index in [-0.39, 0.29) is 15.9 Å². The van der Waals surface area contributed by atoms with Crippen LogP contribution in [0.25, 0.3) is 0 Å². The van der Waals surface area contributed by atoms with E-state index in [1.807, 2.05) is 37.3 Å². The molecule has 0 saturated carbocycles. The number of nitriles is 1. The van der Waals surface area contributed by atoms with Gasteiger partial charge < -0.3 is 0 Å². The molecule has 1 aromatic rings. The molecule has 2 nitrogen and oxygen atoms in total. The fraction of sp³-hybridized carbons (Fsp3) is 0.231. The van der Waals surface area contributed by atoms with Gasteiger partial charge in [0.15, 0.2) is 4.33 Å². The standard InChI is InChI=1S/C13H8Cl4N2/c1-7-4-2-3-5-8(7)10-9(6-18)11(14)19-12(15)13(10,16)17/h2-5,10H,1H3. The highest BCUT2D eigenvalue weighted by atomic mass is 35.5. The predicted octanol–water partition coefficient (Wildman–Crippen LogP) is 4.88. The number of hydrogen-bond acceptors (Lipinski definition) is 2.